The fourth-order valence-corrected chi connectivity index (χ4v) is 5.40. The third-order valence-electron chi connectivity index (χ3n) is 6.48. The number of amides is 1. The van der Waals surface area contributed by atoms with Gasteiger partial charge in [-0.05, 0) is 48.0 Å². The average molecular weight is 662 g/mol. The highest BCUT2D eigenvalue weighted by Crippen LogP contribution is 2.41. The molecular formula is C27H27N5O11S2. The van der Waals surface area contributed by atoms with E-state index >= 15 is 0 Å². The Balaban J connectivity index is 1.72. The van der Waals surface area contributed by atoms with Gasteiger partial charge in [0.25, 0.3) is 5.91 Å². The van der Waals surface area contributed by atoms with Crippen molar-refractivity contribution in [1.29, 1.82) is 0 Å². The summed E-state index contributed by atoms with van der Waals surface area (Å²) in [5.74, 6) is -4.77. The van der Waals surface area contributed by atoms with Crippen LogP contribution in [0.2, 0.25) is 0 Å². The lowest BCUT2D eigenvalue weighted by molar-refractivity contribution is -0.187. The number of fused-ring (bicyclic) bond motifs is 3. The first-order valence-electron chi connectivity index (χ1n) is 12.8. The number of benzene rings is 3. The second-order valence-electron chi connectivity index (χ2n) is 9.84. The molecule has 1 aliphatic heterocycles. The number of rotatable bonds is 9. The second kappa shape index (κ2) is 12.5. The average Bonchev–Trinajstić information content (AvgIpc) is 3.11. The van der Waals surface area contributed by atoms with E-state index in [4.69, 9.17) is 9.78 Å². The summed E-state index contributed by atoms with van der Waals surface area (Å²) < 4.78 is 55.7. The van der Waals surface area contributed by atoms with Crippen LogP contribution in [0.1, 0.15) is 42.7 Å². The molecule has 18 heteroatoms. The molecule has 16 nitrogen and oxygen atoms in total. The van der Waals surface area contributed by atoms with Crippen molar-refractivity contribution in [3.8, 4) is 11.1 Å². The van der Waals surface area contributed by atoms with Gasteiger partial charge in [-0.2, -0.15) is 25.4 Å². The van der Waals surface area contributed by atoms with Crippen LogP contribution in [0.3, 0.4) is 0 Å². The van der Waals surface area contributed by atoms with Crippen molar-refractivity contribution in [3.63, 3.8) is 0 Å². The molecule has 0 saturated heterocycles. The van der Waals surface area contributed by atoms with E-state index in [0.29, 0.717) is 0 Å². The summed E-state index contributed by atoms with van der Waals surface area (Å²) in [7, 11) is -2.86. The maximum absolute atomic E-state index is 13.3. The number of hydrogen-bond acceptors (Lipinski definition) is 10. The van der Waals surface area contributed by atoms with E-state index in [1.807, 2.05) is 0 Å². The molecule has 1 amide bonds. The van der Waals surface area contributed by atoms with Crippen molar-refractivity contribution in [2.45, 2.75) is 6.04 Å². The van der Waals surface area contributed by atoms with Gasteiger partial charge in [-0.15, -0.1) is 0 Å². The lowest BCUT2D eigenvalue weighted by Crippen LogP contribution is -2.34. The molecule has 4 N–H and O–H groups in total. The number of carbonyl (C=O) groups excluding carboxylic acids is 3. The summed E-state index contributed by atoms with van der Waals surface area (Å²) in [4.78, 5) is 60.9. The highest BCUT2D eigenvalue weighted by Gasteiger charge is 2.37. The number of carboxylic acids is 1. The number of nitrogens with one attached hydrogen (secondary N) is 3. The highest BCUT2D eigenvalue weighted by atomic mass is 32.2. The molecule has 238 valence electrons. The van der Waals surface area contributed by atoms with Crippen LogP contribution in [-0.2, 0) is 35.0 Å². The van der Waals surface area contributed by atoms with Crippen molar-refractivity contribution in [1.82, 2.24) is 13.9 Å². The Kier molecular flexibility index (Phi) is 9.14. The minimum Gasteiger partial charge on any atom is -0.479 e. The molecule has 4 rings (SSSR count). The normalized spacial score (nSPS) is 14.4. The van der Waals surface area contributed by atoms with E-state index in [1.165, 1.54) is 76.7 Å². The zero-order chi connectivity index (χ0) is 33.3. The summed E-state index contributed by atoms with van der Waals surface area (Å²) in [6.45, 7) is 0. The molecule has 1 aliphatic rings. The van der Waals surface area contributed by atoms with Crippen molar-refractivity contribution in [3.05, 3.63) is 82.9 Å². The third-order valence-corrected chi connectivity index (χ3v) is 9.37. The lowest BCUT2D eigenvalue weighted by Gasteiger charge is -2.22. The van der Waals surface area contributed by atoms with Gasteiger partial charge in [0.05, 0.1) is 16.8 Å². The Morgan fingerprint density at radius 1 is 0.778 bits per heavy atom. The minimum absolute atomic E-state index is 0.0221. The van der Waals surface area contributed by atoms with Crippen LogP contribution in [-0.4, -0.2) is 82.6 Å². The zero-order valence-corrected chi connectivity index (χ0v) is 25.7. The summed E-state index contributed by atoms with van der Waals surface area (Å²) in [5.41, 5.74) is -0.957. The number of carboxylic acid groups (broad SMARTS) is 1. The zero-order valence-electron chi connectivity index (χ0n) is 24.1. The standard InChI is InChI=1S/C27H27N5O11S2/c1-31(2)44(38,39)29-16-11-9-15(10-12-16)26(36)42-43-27(37)19-13-14-20(30-45(40,41)32(3)4)22-21(19)17-7-5-6-8-18(17)24(33)28-23(22)25(34)35/h5-14,23,29-30H,1-4H3,(H,28,33)(H,34,35). The summed E-state index contributed by atoms with van der Waals surface area (Å²) in [6, 6.07) is 11.2. The Hall–Kier alpha value is -5.04. The van der Waals surface area contributed by atoms with Crippen LogP contribution < -0.4 is 14.8 Å². The summed E-state index contributed by atoms with van der Waals surface area (Å²) in [6.07, 6.45) is 0. The molecule has 3 aromatic rings. The molecule has 1 atom stereocenters. The molecule has 3 aromatic carbocycles. The first kappa shape index (κ1) is 32.9. The molecule has 0 aromatic heterocycles. The van der Waals surface area contributed by atoms with Crippen molar-refractivity contribution in [2.75, 3.05) is 37.6 Å². The predicted molar refractivity (Wildman–Crippen MR) is 159 cm³/mol. The third kappa shape index (κ3) is 6.88. The van der Waals surface area contributed by atoms with Crippen molar-refractivity contribution >= 4 is 55.6 Å². The van der Waals surface area contributed by atoms with Crippen molar-refractivity contribution in [2.24, 2.45) is 0 Å². The largest absolute Gasteiger partial charge is 0.479 e. The molecule has 0 radical (unpaired) electrons. The Morgan fingerprint density at radius 3 is 1.91 bits per heavy atom. The van der Waals surface area contributed by atoms with E-state index in [-0.39, 0.29) is 44.8 Å². The van der Waals surface area contributed by atoms with E-state index in [1.54, 1.807) is 0 Å². The van der Waals surface area contributed by atoms with Gasteiger partial charge in [-0.3, -0.25) is 14.2 Å². The van der Waals surface area contributed by atoms with Gasteiger partial charge in [-0.25, -0.2) is 24.2 Å². The molecule has 0 spiro atoms. The first-order chi connectivity index (χ1) is 21.0. The van der Waals surface area contributed by atoms with Crippen LogP contribution in [0.5, 0.6) is 0 Å². The molecule has 0 saturated carbocycles. The van der Waals surface area contributed by atoms with Crippen LogP contribution in [0.4, 0.5) is 11.4 Å². The number of nitrogens with zero attached hydrogens (tertiary/aromatic N) is 2. The second-order valence-corrected chi connectivity index (χ2v) is 13.6. The molecule has 0 aliphatic carbocycles. The maximum atomic E-state index is 13.3. The van der Waals surface area contributed by atoms with Gasteiger partial charge in [0.2, 0.25) is 0 Å². The predicted octanol–water partition coefficient (Wildman–Crippen LogP) is 1.59. The molecule has 0 fully saturated rings. The van der Waals surface area contributed by atoms with Gasteiger partial charge in [-0.1, -0.05) is 18.2 Å². The van der Waals surface area contributed by atoms with Crippen LogP contribution >= 0.6 is 0 Å². The SMILES string of the molecule is CN(C)S(=O)(=O)Nc1ccc(C(=O)OOC(=O)c2ccc(NS(=O)(=O)N(C)C)c3c2-c2ccccc2C(=O)NC3C(=O)O)cc1. The topological polar surface area (TPSA) is 218 Å². The first-order valence-corrected chi connectivity index (χ1v) is 15.6. The number of carbonyl (C=O) groups is 4. The summed E-state index contributed by atoms with van der Waals surface area (Å²) in [5, 5.41) is 12.4. The fraction of sp³-hybridized carbons (Fsp3) is 0.185. The number of hydrogen-bond donors (Lipinski definition) is 4. The monoisotopic (exact) mass is 661 g/mol. The van der Waals surface area contributed by atoms with Gasteiger partial charge >= 0.3 is 38.3 Å². The quantitative estimate of drug-likeness (QED) is 0.191. The van der Waals surface area contributed by atoms with Crippen LogP contribution in [0.25, 0.3) is 11.1 Å². The molecule has 0 bridgehead atoms. The van der Waals surface area contributed by atoms with Crippen molar-refractivity contribution < 1.29 is 50.9 Å². The maximum Gasteiger partial charge on any atom is 0.386 e. The summed E-state index contributed by atoms with van der Waals surface area (Å²) >= 11 is 0. The van der Waals surface area contributed by atoms with Crippen LogP contribution in [0, 0.1) is 0 Å². The van der Waals surface area contributed by atoms with Crippen LogP contribution in [0.15, 0.2) is 60.7 Å². The Bertz CT molecular complexity index is 1910. The Labute approximate surface area is 257 Å². The van der Waals surface area contributed by atoms with Gasteiger partial charge in [0.15, 0.2) is 6.04 Å². The molecule has 1 heterocycles. The number of anilines is 2. The van der Waals surface area contributed by atoms with Gasteiger partial charge < -0.3 is 10.4 Å². The van der Waals surface area contributed by atoms with Gasteiger partial charge in [0.1, 0.15) is 0 Å². The molecular weight excluding hydrogens is 634 g/mol. The minimum atomic E-state index is -4.19. The highest BCUT2D eigenvalue weighted by molar-refractivity contribution is 7.90. The fourth-order valence-electron chi connectivity index (χ4n) is 4.15. The Morgan fingerprint density at radius 2 is 1.33 bits per heavy atom. The number of aliphatic carboxylic acids is 1. The van der Waals surface area contributed by atoms with E-state index in [0.717, 1.165) is 20.7 Å². The molecule has 45 heavy (non-hydrogen) atoms. The van der Waals surface area contributed by atoms with E-state index in [9.17, 15) is 41.1 Å². The smallest absolute Gasteiger partial charge is 0.386 e. The molecule has 1 unspecified atom stereocenters. The van der Waals surface area contributed by atoms with E-state index < -0.39 is 50.3 Å². The van der Waals surface area contributed by atoms with Gasteiger partial charge in [0, 0.05) is 50.6 Å². The van der Waals surface area contributed by atoms with E-state index in [2.05, 4.69) is 14.8 Å². The lowest BCUT2D eigenvalue weighted by atomic mass is 9.88.